The van der Waals surface area contributed by atoms with Crippen LogP contribution in [0.1, 0.15) is 20.7 Å². The Bertz CT molecular complexity index is 821. The molecule has 0 bridgehead atoms. The van der Waals surface area contributed by atoms with Crippen LogP contribution in [0.5, 0.6) is 0 Å². The second-order valence-electron chi connectivity index (χ2n) is 5.89. The SMILES string of the molecule is CNC(=O)c1ccc(NCC(=O)Nc2cccc(C(=O)NCCOC)c2)cc1. The van der Waals surface area contributed by atoms with Crippen LogP contribution in [0, 0.1) is 0 Å². The van der Waals surface area contributed by atoms with Crippen molar-refractivity contribution in [3.8, 4) is 0 Å². The van der Waals surface area contributed by atoms with Crippen molar-refractivity contribution in [3.05, 3.63) is 59.7 Å². The number of anilines is 2. The Morgan fingerprint density at radius 1 is 0.929 bits per heavy atom. The van der Waals surface area contributed by atoms with Crippen molar-refractivity contribution in [2.45, 2.75) is 0 Å². The van der Waals surface area contributed by atoms with E-state index in [9.17, 15) is 14.4 Å². The summed E-state index contributed by atoms with van der Waals surface area (Å²) < 4.78 is 4.89. The summed E-state index contributed by atoms with van der Waals surface area (Å²) in [5.74, 6) is -0.662. The standard InChI is InChI=1S/C20H24N4O4/c1-21-19(26)14-6-8-16(9-7-14)23-13-18(25)24-17-5-3-4-15(12-17)20(27)22-10-11-28-2/h3-9,12,23H,10-11,13H2,1-2H3,(H,21,26)(H,22,27)(H,24,25). The normalized spacial score (nSPS) is 10.1. The summed E-state index contributed by atoms with van der Waals surface area (Å²) in [6.45, 7) is 0.885. The molecule has 148 valence electrons. The molecule has 3 amide bonds. The summed E-state index contributed by atoms with van der Waals surface area (Å²) in [5.41, 5.74) is 2.24. The fourth-order valence-electron chi connectivity index (χ4n) is 2.38. The van der Waals surface area contributed by atoms with Gasteiger partial charge in [-0.25, -0.2) is 0 Å². The van der Waals surface area contributed by atoms with E-state index in [0.717, 1.165) is 0 Å². The molecule has 0 saturated heterocycles. The molecule has 0 heterocycles. The van der Waals surface area contributed by atoms with Crippen LogP contribution in [0.15, 0.2) is 48.5 Å². The van der Waals surface area contributed by atoms with E-state index >= 15 is 0 Å². The van der Waals surface area contributed by atoms with E-state index in [-0.39, 0.29) is 24.3 Å². The molecule has 0 spiro atoms. The van der Waals surface area contributed by atoms with Crippen LogP contribution in [0.25, 0.3) is 0 Å². The molecule has 0 atom stereocenters. The lowest BCUT2D eigenvalue weighted by molar-refractivity contribution is -0.114. The Morgan fingerprint density at radius 3 is 2.36 bits per heavy atom. The van der Waals surface area contributed by atoms with Crippen molar-refractivity contribution in [3.63, 3.8) is 0 Å². The molecule has 2 aromatic rings. The number of methoxy groups -OCH3 is 1. The molecule has 2 rings (SSSR count). The molecule has 0 saturated carbocycles. The summed E-state index contributed by atoms with van der Waals surface area (Å²) >= 11 is 0. The minimum atomic E-state index is -0.257. The molecule has 28 heavy (non-hydrogen) atoms. The summed E-state index contributed by atoms with van der Waals surface area (Å²) in [4.78, 5) is 35.7. The minimum Gasteiger partial charge on any atom is -0.383 e. The van der Waals surface area contributed by atoms with E-state index in [4.69, 9.17) is 4.74 Å². The van der Waals surface area contributed by atoms with Gasteiger partial charge in [0.25, 0.3) is 11.8 Å². The molecule has 0 aliphatic rings. The molecule has 8 nitrogen and oxygen atoms in total. The molecule has 2 aromatic carbocycles. The highest BCUT2D eigenvalue weighted by Crippen LogP contribution is 2.12. The maximum absolute atomic E-state index is 12.1. The van der Waals surface area contributed by atoms with Gasteiger partial charge in [-0.15, -0.1) is 0 Å². The number of amides is 3. The molecule has 4 N–H and O–H groups in total. The third-order valence-corrected chi connectivity index (χ3v) is 3.83. The largest absolute Gasteiger partial charge is 0.383 e. The summed E-state index contributed by atoms with van der Waals surface area (Å²) in [5, 5.41) is 11.0. The van der Waals surface area contributed by atoms with Crippen molar-refractivity contribution < 1.29 is 19.1 Å². The van der Waals surface area contributed by atoms with Crippen LogP contribution in [0.4, 0.5) is 11.4 Å². The average Bonchev–Trinajstić information content (AvgIpc) is 2.72. The summed E-state index contributed by atoms with van der Waals surface area (Å²) in [6.07, 6.45) is 0. The van der Waals surface area contributed by atoms with Gasteiger partial charge in [0.1, 0.15) is 0 Å². The highest BCUT2D eigenvalue weighted by Gasteiger charge is 2.08. The molecule has 0 fully saturated rings. The van der Waals surface area contributed by atoms with Crippen LogP contribution in [-0.4, -0.2) is 51.6 Å². The van der Waals surface area contributed by atoms with E-state index in [1.165, 1.54) is 0 Å². The lowest BCUT2D eigenvalue weighted by Crippen LogP contribution is -2.27. The lowest BCUT2D eigenvalue weighted by atomic mass is 10.2. The van der Waals surface area contributed by atoms with E-state index in [0.29, 0.717) is 35.7 Å². The molecular formula is C20H24N4O4. The minimum absolute atomic E-state index is 0.0452. The summed E-state index contributed by atoms with van der Waals surface area (Å²) in [7, 11) is 3.13. The zero-order valence-corrected chi connectivity index (χ0v) is 15.9. The number of benzene rings is 2. The molecule has 0 unspecified atom stereocenters. The maximum atomic E-state index is 12.1. The molecular weight excluding hydrogens is 360 g/mol. The number of hydrogen-bond donors (Lipinski definition) is 4. The maximum Gasteiger partial charge on any atom is 0.251 e. The first-order valence-corrected chi connectivity index (χ1v) is 8.76. The average molecular weight is 384 g/mol. The molecule has 0 aliphatic carbocycles. The van der Waals surface area contributed by atoms with Gasteiger partial charge in [-0.3, -0.25) is 14.4 Å². The van der Waals surface area contributed by atoms with Gasteiger partial charge in [-0.2, -0.15) is 0 Å². The highest BCUT2D eigenvalue weighted by atomic mass is 16.5. The monoisotopic (exact) mass is 384 g/mol. The number of ether oxygens (including phenoxy) is 1. The van der Waals surface area contributed by atoms with Gasteiger partial charge in [-0.05, 0) is 42.5 Å². The van der Waals surface area contributed by atoms with Crippen molar-refractivity contribution in [2.75, 3.05) is 44.5 Å². The highest BCUT2D eigenvalue weighted by molar-refractivity contribution is 5.98. The third kappa shape index (κ3) is 6.40. The van der Waals surface area contributed by atoms with E-state index in [1.807, 2.05) is 0 Å². The zero-order valence-electron chi connectivity index (χ0n) is 15.9. The quantitative estimate of drug-likeness (QED) is 0.490. The first kappa shape index (κ1) is 20.9. The molecule has 0 aliphatic heterocycles. The lowest BCUT2D eigenvalue weighted by Gasteiger charge is -2.10. The summed E-state index contributed by atoms with van der Waals surface area (Å²) in [6, 6.07) is 13.5. The fraction of sp³-hybridized carbons (Fsp3) is 0.250. The molecule has 0 radical (unpaired) electrons. The van der Waals surface area contributed by atoms with Gasteiger partial charge >= 0.3 is 0 Å². The van der Waals surface area contributed by atoms with E-state index in [1.54, 1.807) is 62.7 Å². The first-order chi connectivity index (χ1) is 13.5. The second-order valence-corrected chi connectivity index (χ2v) is 5.89. The fourth-order valence-corrected chi connectivity index (χ4v) is 2.38. The number of rotatable bonds is 9. The van der Waals surface area contributed by atoms with Crippen LogP contribution in [0.3, 0.4) is 0 Å². The number of nitrogens with one attached hydrogen (secondary N) is 4. The Labute approximate surface area is 163 Å². The third-order valence-electron chi connectivity index (χ3n) is 3.83. The smallest absolute Gasteiger partial charge is 0.251 e. The first-order valence-electron chi connectivity index (χ1n) is 8.76. The Hall–Kier alpha value is -3.39. The van der Waals surface area contributed by atoms with Gasteiger partial charge in [0.15, 0.2) is 0 Å². The Kier molecular flexibility index (Phi) is 7.98. The van der Waals surface area contributed by atoms with E-state index < -0.39 is 0 Å². The van der Waals surface area contributed by atoms with Crippen LogP contribution in [0.2, 0.25) is 0 Å². The van der Waals surface area contributed by atoms with Gasteiger partial charge in [0.05, 0.1) is 13.2 Å². The Morgan fingerprint density at radius 2 is 1.68 bits per heavy atom. The number of carbonyl (C=O) groups is 3. The molecule has 0 aromatic heterocycles. The zero-order chi connectivity index (χ0) is 20.4. The van der Waals surface area contributed by atoms with Crippen molar-refractivity contribution in [1.82, 2.24) is 10.6 Å². The predicted molar refractivity (Wildman–Crippen MR) is 108 cm³/mol. The van der Waals surface area contributed by atoms with Crippen molar-refractivity contribution in [2.24, 2.45) is 0 Å². The van der Waals surface area contributed by atoms with Crippen LogP contribution >= 0.6 is 0 Å². The van der Waals surface area contributed by atoms with Gasteiger partial charge in [-0.1, -0.05) is 6.07 Å². The van der Waals surface area contributed by atoms with Crippen molar-refractivity contribution in [1.29, 1.82) is 0 Å². The van der Waals surface area contributed by atoms with Gasteiger partial charge in [0.2, 0.25) is 5.91 Å². The van der Waals surface area contributed by atoms with Crippen LogP contribution < -0.4 is 21.3 Å². The number of hydrogen-bond acceptors (Lipinski definition) is 5. The second kappa shape index (κ2) is 10.7. The number of carbonyl (C=O) groups excluding carboxylic acids is 3. The topological polar surface area (TPSA) is 109 Å². The Balaban J connectivity index is 1.86. The van der Waals surface area contributed by atoms with Crippen molar-refractivity contribution >= 4 is 29.1 Å². The predicted octanol–water partition coefficient (Wildman–Crippen LogP) is 1.47. The van der Waals surface area contributed by atoms with Gasteiger partial charge < -0.3 is 26.0 Å². The van der Waals surface area contributed by atoms with Gasteiger partial charge in [0, 0.05) is 43.2 Å². The van der Waals surface area contributed by atoms with E-state index in [2.05, 4.69) is 21.3 Å². The van der Waals surface area contributed by atoms with Crippen LogP contribution in [-0.2, 0) is 9.53 Å². The molecule has 8 heteroatoms.